The number of carbonyl (C=O) groups excluding carboxylic acids is 1. The summed E-state index contributed by atoms with van der Waals surface area (Å²) in [6.07, 6.45) is -0.537. The standard InChI is InChI=1S/C11H15ClN2O2S.Na/c1-6-9(12)7(17)5-8(13-6)14-10(15)16-11(2,3)4;/h5H,1-4H3,(H2,13,14,15,17);. The van der Waals surface area contributed by atoms with Gasteiger partial charge in [-0.2, -0.15) is 0 Å². The van der Waals surface area contributed by atoms with Crippen LogP contribution < -0.4 is 5.32 Å². The van der Waals surface area contributed by atoms with Crippen LogP contribution >= 0.6 is 23.8 Å². The van der Waals surface area contributed by atoms with Gasteiger partial charge in [0, 0.05) is 35.3 Å². The van der Waals surface area contributed by atoms with Gasteiger partial charge in [0.2, 0.25) is 0 Å². The molecule has 1 radical (unpaired) electrons. The minimum atomic E-state index is -0.539. The van der Waals surface area contributed by atoms with E-state index in [2.05, 4.69) is 10.3 Å². The zero-order valence-electron chi connectivity index (χ0n) is 11.2. The maximum atomic E-state index is 11.5. The number of amides is 1. The summed E-state index contributed by atoms with van der Waals surface area (Å²) in [5.74, 6) is 0.464. The Morgan fingerprint density at radius 2 is 2.06 bits per heavy atom. The number of H-pyrrole nitrogens is 1. The minimum absolute atomic E-state index is 0. The summed E-state index contributed by atoms with van der Waals surface area (Å²) in [4.78, 5) is 14.4. The maximum absolute atomic E-state index is 11.5. The molecule has 0 aliphatic carbocycles. The second kappa shape index (κ2) is 6.91. The molecule has 0 unspecified atom stereocenters. The van der Waals surface area contributed by atoms with Gasteiger partial charge in [0.15, 0.2) is 0 Å². The summed E-state index contributed by atoms with van der Waals surface area (Å²) in [7, 11) is 0. The van der Waals surface area contributed by atoms with E-state index in [0.29, 0.717) is 21.0 Å². The van der Waals surface area contributed by atoms with Crippen LogP contribution in [0.25, 0.3) is 0 Å². The van der Waals surface area contributed by atoms with E-state index in [1.165, 1.54) is 0 Å². The third-order valence-corrected chi connectivity index (χ3v) is 2.70. The minimum Gasteiger partial charge on any atom is -0.444 e. The number of anilines is 1. The fraction of sp³-hybridized carbons (Fsp3) is 0.455. The van der Waals surface area contributed by atoms with E-state index in [-0.39, 0.29) is 29.6 Å². The van der Waals surface area contributed by atoms with E-state index >= 15 is 0 Å². The largest absolute Gasteiger partial charge is 0.444 e. The molecule has 1 heterocycles. The van der Waals surface area contributed by atoms with Crippen molar-refractivity contribution in [3.05, 3.63) is 21.3 Å². The van der Waals surface area contributed by atoms with Gasteiger partial charge in [-0.25, -0.2) is 4.79 Å². The van der Waals surface area contributed by atoms with Crippen LogP contribution in [0.3, 0.4) is 0 Å². The zero-order valence-corrected chi connectivity index (χ0v) is 14.8. The number of carbonyl (C=O) groups is 1. The molecule has 95 valence electrons. The smallest absolute Gasteiger partial charge is 0.413 e. The monoisotopic (exact) mass is 297 g/mol. The predicted molar refractivity (Wildman–Crippen MR) is 77.0 cm³/mol. The molecular weight excluding hydrogens is 283 g/mol. The second-order valence-electron chi connectivity index (χ2n) is 4.61. The fourth-order valence-corrected chi connectivity index (χ4v) is 1.53. The Balaban J connectivity index is 0.00000289. The van der Waals surface area contributed by atoms with E-state index in [9.17, 15) is 4.79 Å². The quantitative estimate of drug-likeness (QED) is 0.614. The summed E-state index contributed by atoms with van der Waals surface area (Å²) in [5, 5.41) is 3.05. The van der Waals surface area contributed by atoms with E-state index < -0.39 is 11.7 Å². The number of rotatable bonds is 1. The SMILES string of the molecule is Cc1[nH]c(NC(=O)OC(C)(C)C)cc(=S)c1Cl.[Na]. The van der Waals surface area contributed by atoms with Gasteiger partial charge >= 0.3 is 6.09 Å². The van der Waals surface area contributed by atoms with Crippen LogP contribution in [-0.2, 0) is 4.74 Å². The maximum Gasteiger partial charge on any atom is 0.413 e. The molecule has 18 heavy (non-hydrogen) atoms. The van der Waals surface area contributed by atoms with Crippen LogP contribution in [0.15, 0.2) is 6.07 Å². The van der Waals surface area contributed by atoms with Crippen LogP contribution in [-0.4, -0.2) is 46.2 Å². The Morgan fingerprint density at radius 3 is 2.50 bits per heavy atom. The molecule has 0 aliphatic heterocycles. The van der Waals surface area contributed by atoms with Crippen LogP contribution in [0.4, 0.5) is 10.6 Å². The van der Waals surface area contributed by atoms with Crippen molar-refractivity contribution in [1.82, 2.24) is 4.98 Å². The van der Waals surface area contributed by atoms with Crippen molar-refractivity contribution in [2.24, 2.45) is 0 Å². The Hall–Kier alpha value is -0.0700. The first kappa shape index (κ1) is 17.9. The summed E-state index contributed by atoms with van der Waals surface area (Å²) in [6, 6.07) is 1.58. The van der Waals surface area contributed by atoms with Crippen molar-refractivity contribution in [3.8, 4) is 0 Å². The van der Waals surface area contributed by atoms with Crippen LogP contribution in [0, 0.1) is 11.4 Å². The van der Waals surface area contributed by atoms with Gasteiger partial charge in [-0.3, -0.25) is 5.32 Å². The fourth-order valence-electron chi connectivity index (χ4n) is 1.15. The number of pyridine rings is 1. The molecule has 0 atom stereocenters. The normalized spacial score (nSPS) is 10.5. The summed E-state index contributed by atoms with van der Waals surface area (Å²) in [5.41, 5.74) is 0.160. The number of aryl methyl sites for hydroxylation is 1. The van der Waals surface area contributed by atoms with E-state index in [1.54, 1.807) is 33.8 Å². The number of hydrogen-bond acceptors (Lipinski definition) is 3. The topological polar surface area (TPSA) is 54.1 Å². The van der Waals surface area contributed by atoms with Gasteiger partial charge in [0.1, 0.15) is 11.4 Å². The Morgan fingerprint density at radius 1 is 1.50 bits per heavy atom. The van der Waals surface area contributed by atoms with Crippen molar-refractivity contribution >= 4 is 65.3 Å². The first-order valence-electron chi connectivity index (χ1n) is 5.08. The predicted octanol–water partition coefficient (Wildman–Crippen LogP) is 3.67. The molecular formula is C11H15ClN2NaO2S. The molecule has 0 spiro atoms. The van der Waals surface area contributed by atoms with Gasteiger partial charge in [-0.1, -0.05) is 23.8 Å². The molecule has 0 aliphatic rings. The Bertz CT molecular complexity index is 497. The molecule has 4 nitrogen and oxygen atoms in total. The number of aromatic amines is 1. The van der Waals surface area contributed by atoms with Crippen LogP contribution in [0.1, 0.15) is 26.5 Å². The first-order chi connectivity index (χ1) is 7.69. The van der Waals surface area contributed by atoms with Gasteiger partial charge in [0.05, 0.1) is 9.53 Å². The summed E-state index contributed by atoms with van der Waals surface area (Å²) in [6.45, 7) is 7.16. The molecule has 0 saturated heterocycles. The summed E-state index contributed by atoms with van der Waals surface area (Å²) >= 11 is 11.0. The van der Waals surface area contributed by atoms with E-state index in [1.807, 2.05) is 0 Å². The first-order valence-corrected chi connectivity index (χ1v) is 5.87. The molecule has 0 saturated carbocycles. The number of aromatic nitrogens is 1. The van der Waals surface area contributed by atoms with Crippen molar-refractivity contribution in [3.63, 3.8) is 0 Å². The molecule has 0 bridgehead atoms. The Kier molecular flexibility index (Phi) is 6.89. The van der Waals surface area contributed by atoms with Crippen molar-refractivity contribution < 1.29 is 9.53 Å². The van der Waals surface area contributed by atoms with Gasteiger partial charge < -0.3 is 9.72 Å². The molecule has 1 aromatic rings. The molecule has 1 aromatic heterocycles. The Labute approximate surface area is 139 Å². The van der Waals surface area contributed by atoms with Crippen LogP contribution in [0.2, 0.25) is 5.02 Å². The van der Waals surface area contributed by atoms with Crippen molar-refractivity contribution in [2.75, 3.05) is 5.32 Å². The zero-order chi connectivity index (χ0) is 13.2. The number of ether oxygens (including phenoxy) is 1. The molecule has 0 aromatic carbocycles. The number of nitrogens with one attached hydrogen (secondary N) is 2. The molecule has 0 fully saturated rings. The van der Waals surface area contributed by atoms with Gasteiger partial charge in [0.25, 0.3) is 0 Å². The summed E-state index contributed by atoms with van der Waals surface area (Å²) < 4.78 is 5.60. The average Bonchev–Trinajstić information content (AvgIpc) is 2.10. The third-order valence-electron chi connectivity index (χ3n) is 1.78. The molecule has 1 rings (SSSR count). The average molecular weight is 298 g/mol. The van der Waals surface area contributed by atoms with Gasteiger partial charge in [-0.15, -0.1) is 0 Å². The van der Waals surface area contributed by atoms with Crippen molar-refractivity contribution in [1.29, 1.82) is 0 Å². The van der Waals surface area contributed by atoms with Crippen LogP contribution in [0.5, 0.6) is 0 Å². The number of hydrogen-bond donors (Lipinski definition) is 2. The molecule has 2 N–H and O–H groups in total. The van der Waals surface area contributed by atoms with Crippen molar-refractivity contribution in [2.45, 2.75) is 33.3 Å². The van der Waals surface area contributed by atoms with E-state index in [4.69, 9.17) is 28.6 Å². The number of halogens is 1. The third kappa shape index (κ3) is 5.71. The molecule has 1 amide bonds. The van der Waals surface area contributed by atoms with E-state index in [0.717, 1.165) is 0 Å². The molecule has 7 heteroatoms. The van der Waals surface area contributed by atoms with Gasteiger partial charge in [-0.05, 0) is 33.8 Å². The second-order valence-corrected chi connectivity index (χ2v) is 5.43.